The number of methoxy groups -OCH3 is 2. The molecular formula is C16H15NO5. The summed E-state index contributed by atoms with van der Waals surface area (Å²) in [4.78, 5) is 15.7. The highest BCUT2D eigenvalue weighted by Crippen LogP contribution is 2.37. The van der Waals surface area contributed by atoms with Gasteiger partial charge in [0, 0.05) is 17.8 Å². The van der Waals surface area contributed by atoms with Gasteiger partial charge in [-0.05, 0) is 24.3 Å². The summed E-state index contributed by atoms with van der Waals surface area (Å²) in [5, 5.41) is 0. The number of esters is 1. The molecule has 0 spiro atoms. The van der Waals surface area contributed by atoms with Crippen molar-refractivity contribution in [2.24, 2.45) is 0 Å². The fourth-order valence-electron chi connectivity index (χ4n) is 2.18. The minimum atomic E-state index is -0.409. The number of carbonyl (C=O) groups is 1. The molecule has 0 amide bonds. The molecule has 1 atom stereocenters. The average Bonchev–Trinajstić information content (AvgIpc) is 2.60. The molecule has 0 saturated heterocycles. The Kier molecular flexibility index (Phi) is 3.82. The molecule has 0 fully saturated rings. The summed E-state index contributed by atoms with van der Waals surface area (Å²) in [5.41, 5.74) is 1.32. The number of nitrogens with zero attached hydrogens (tertiary/aromatic N) is 1. The molecule has 1 aromatic heterocycles. The van der Waals surface area contributed by atoms with Gasteiger partial charge in [-0.1, -0.05) is 0 Å². The summed E-state index contributed by atoms with van der Waals surface area (Å²) < 4.78 is 21.3. The maximum absolute atomic E-state index is 11.5. The van der Waals surface area contributed by atoms with E-state index in [9.17, 15) is 4.79 Å². The lowest BCUT2D eigenvalue weighted by atomic mass is 10.1. The number of hydrogen-bond donors (Lipinski definition) is 0. The maximum atomic E-state index is 11.5. The number of aromatic nitrogens is 1. The van der Waals surface area contributed by atoms with E-state index in [-0.39, 0.29) is 6.10 Å². The molecule has 114 valence electrons. The molecule has 0 radical (unpaired) electrons. The molecule has 0 N–H and O–H groups in total. The Morgan fingerprint density at radius 1 is 1.23 bits per heavy atom. The number of rotatable bonds is 3. The van der Waals surface area contributed by atoms with Gasteiger partial charge in [-0.2, -0.15) is 0 Å². The van der Waals surface area contributed by atoms with E-state index < -0.39 is 5.97 Å². The molecule has 0 bridgehead atoms. The Morgan fingerprint density at radius 2 is 2.09 bits per heavy atom. The van der Waals surface area contributed by atoms with Gasteiger partial charge in [0.1, 0.15) is 6.61 Å². The van der Waals surface area contributed by atoms with Crippen LogP contribution in [0.4, 0.5) is 0 Å². The topological polar surface area (TPSA) is 66.9 Å². The number of carbonyl (C=O) groups excluding carboxylic acids is 1. The standard InChI is InChI=1S/C16H15NO5/c1-19-15-6-4-11(8-17-15)14-9-21-13-7-10(16(18)20-2)3-5-12(13)22-14/h3-8,14H,9H2,1-2H3. The summed E-state index contributed by atoms with van der Waals surface area (Å²) >= 11 is 0. The SMILES string of the molecule is COC(=O)c1ccc2c(c1)OCC(c1ccc(OC)nc1)O2. The van der Waals surface area contributed by atoms with Crippen molar-refractivity contribution in [1.82, 2.24) is 4.98 Å². The van der Waals surface area contributed by atoms with Crippen LogP contribution in [0.15, 0.2) is 36.5 Å². The first kappa shape index (κ1) is 14.2. The number of hydrogen-bond acceptors (Lipinski definition) is 6. The lowest BCUT2D eigenvalue weighted by Gasteiger charge is -2.26. The van der Waals surface area contributed by atoms with Crippen LogP contribution in [0.3, 0.4) is 0 Å². The third-order valence-electron chi connectivity index (χ3n) is 3.36. The van der Waals surface area contributed by atoms with E-state index >= 15 is 0 Å². The molecule has 2 heterocycles. The van der Waals surface area contributed by atoms with Crippen molar-refractivity contribution in [1.29, 1.82) is 0 Å². The number of benzene rings is 1. The molecule has 1 aliphatic heterocycles. The highest BCUT2D eigenvalue weighted by molar-refractivity contribution is 5.90. The molecule has 22 heavy (non-hydrogen) atoms. The molecule has 1 aromatic carbocycles. The Bertz CT molecular complexity index is 683. The second-order valence-electron chi connectivity index (χ2n) is 4.70. The van der Waals surface area contributed by atoms with E-state index in [4.69, 9.17) is 14.2 Å². The highest BCUT2D eigenvalue weighted by atomic mass is 16.6. The van der Waals surface area contributed by atoms with Crippen LogP contribution >= 0.6 is 0 Å². The van der Waals surface area contributed by atoms with Gasteiger partial charge in [-0.25, -0.2) is 9.78 Å². The van der Waals surface area contributed by atoms with Crippen LogP contribution in [-0.2, 0) is 4.74 Å². The normalized spacial score (nSPS) is 16.0. The summed E-state index contributed by atoms with van der Waals surface area (Å²) in [6, 6.07) is 8.61. The van der Waals surface area contributed by atoms with Crippen LogP contribution in [-0.4, -0.2) is 31.8 Å². The largest absolute Gasteiger partial charge is 0.485 e. The van der Waals surface area contributed by atoms with Gasteiger partial charge in [-0.3, -0.25) is 0 Å². The van der Waals surface area contributed by atoms with Crippen molar-refractivity contribution >= 4 is 5.97 Å². The first-order valence-electron chi connectivity index (χ1n) is 6.73. The summed E-state index contributed by atoms with van der Waals surface area (Å²) in [7, 11) is 2.91. The third kappa shape index (κ3) is 2.67. The quantitative estimate of drug-likeness (QED) is 0.811. The van der Waals surface area contributed by atoms with Crippen molar-refractivity contribution in [2.45, 2.75) is 6.10 Å². The second kappa shape index (κ2) is 5.93. The van der Waals surface area contributed by atoms with Crippen molar-refractivity contribution < 1.29 is 23.7 Å². The van der Waals surface area contributed by atoms with Gasteiger partial charge in [0.2, 0.25) is 5.88 Å². The van der Waals surface area contributed by atoms with Crippen molar-refractivity contribution in [3.05, 3.63) is 47.7 Å². The van der Waals surface area contributed by atoms with Crippen LogP contribution in [0.5, 0.6) is 17.4 Å². The number of pyridine rings is 1. The zero-order valence-electron chi connectivity index (χ0n) is 12.2. The molecule has 1 aliphatic rings. The van der Waals surface area contributed by atoms with E-state index in [1.165, 1.54) is 7.11 Å². The molecule has 6 heteroatoms. The van der Waals surface area contributed by atoms with Gasteiger partial charge in [0.15, 0.2) is 17.6 Å². The lowest BCUT2D eigenvalue weighted by molar-refractivity contribution is 0.0597. The second-order valence-corrected chi connectivity index (χ2v) is 4.70. The first-order chi connectivity index (χ1) is 10.7. The molecule has 2 aromatic rings. The van der Waals surface area contributed by atoms with Crippen LogP contribution in [0.1, 0.15) is 22.0 Å². The molecule has 0 aliphatic carbocycles. The Morgan fingerprint density at radius 3 is 2.77 bits per heavy atom. The number of fused-ring (bicyclic) bond motifs is 1. The van der Waals surface area contributed by atoms with Gasteiger partial charge in [-0.15, -0.1) is 0 Å². The van der Waals surface area contributed by atoms with Crippen molar-refractivity contribution in [3.63, 3.8) is 0 Å². The summed E-state index contributed by atoms with van der Waals surface area (Å²) in [6.45, 7) is 0.339. The van der Waals surface area contributed by atoms with Gasteiger partial charge in [0.05, 0.1) is 19.8 Å². The zero-order chi connectivity index (χ0) is 15.5. The Balaban J connectivity index is 1.80. The van der Waals surface area contributed by atoms with Gasteiger partial charge >= 0.3 is 5.97 Å². The Hall–Kier alpha value is -2.76. The van der Waals surface area contributed by atoms with Crippen LogP contribution < -0.4 is 14.2 Å². The van der Waals surface area contributed by atoms with Gasteiger partial charge in [0.25, 0.3) is 0 Å². The van der Waals surface area contributed by atoms with E-state index in [0.717, 1.165) is 5.56 Å². The van der Waals surface area contributed by atoms with E-state index in [0.29, 0.717) is 29.5 Å². The van der Waals surface area contributed by atoms with Crippen molar-refractivity contribution in [2.75, 3.05) is 20.8 Å². The fraction of sp³-hybridized carbons (Fsp3) is 0.250. The predicted octanol–water partition coefficient (Wildman–Crippen LogP) is 2.39. The molecule has 0 saturated carbocycles. The van der Waals surface area contributed by atoms with Gasteiger partial charge < -0.3 is 18.9 Å². The molecule has 3 rings (SSSR count). The number of ether oxygens (including phenoxy) is 4. The van der Waals surface area contributed by atoms with Crippen molar-refractivity contribution in [3.8, 4) is 17.4 Å². The molecular weight excluding hydrogens is 286 g/mol. The zero-order valence-corrected chi connectivity index (χ0v) is 12.2. The fourth-order valence-corrected chi connectivity index (χ4v) is 2.18. The molecule has 6 nitrogen and oxygen atoms in total. The minimum absolute atomic E-state index is 0.255. The Labute approximate surface area is 127 Å². The third-order valence-corrected chi connectivity index (χ3v) is 3.36. The van der Waals surface area contributed by atoms with Crippen LogP contribution in [0.2, 0.25) is 0 Å². The smallest absolute Gasteiger partial charge is 0.337 e. The minimum Gasteiger partial charge on any atom is -0.485 e. The van der Waals surface area contributed by atoms with Crippen LogP contribution in [0, 0.1) is 0 Å². The monoisotopic (exact) mass is 301 g/mol. The van der Waals surface area contributed by atoms with E-state index in [2.05, 4.69) is 9.72 Å². The lowest BCUT2D eigenvalue weighted by Crippen LogP contribution is -2.22. The predicted molar refractivity (Wildman–Crippen MR) is 77.4 cm³/mol. The molecule has 1 unspecified atom stereocenters. The average molecular weight is 301 g/mol. The first-order valence-corrected chi connectivity index (χ1v) is 6.73. The van der Waals surface area contributed by atoms with E-state index in [1.54, 1.807) is 37.6 Å². The summed E-state index contributed by atoms with van der Waals surface area (Å²) in [6.07, 6.45) is 1.44. The summed E-state index contributed by atoms with van der Waals surface area (Å²) in [5.74, 6) is 1.25. The van der Waals surface area contributed by atoms with Crippen LogP contribution in [0.25, 0.3) is 0 Å². The van der Waals surface area contributed by atoms with E-state index in [1.807, 2.05) is 6.07 Å². The highest BCUT2D eigenvalue weighted by Gasteiger charge is 2.24. The maximum Gasteiger partial charge on any atom is 0.337 e.